The number of nitrogens with zero attached hydrogens (tertiary/aromatic N) is 4. The summed E-state index contributed by atoms with van der Waals surface area (Å²) in [6.45, 7) is 6.92. The third-order valence-electron chi connectivity index (χ3n) is 3.21. The smallest absolute Gasteiger partial charge is 0.148 e. The monoisotopic (exact) mass is 289 g/mol. The Morgan fingerprint density at radius 2 is 2.10 bits per heavy atom. The number of hydrogen-bond donors (Lipinski definition) is 3. The van der Waals surface area contributed by atoms with Gasteiger partial charge in [-0.2, -0.15) is 5.10 Å². The molecule has 1 atom stereocenters. The van der Waals surface area contributed by atoms with E-state index in [1.54, 1.807) is 6.20 Å². The van der Waals surface area contributed by atoms with Gasteiger partial charge < -0.3 is 10.7 Å². The van der Waals surface area contributed by atoms with Gasteiger partial charge in [-0.25, -0.2) is 15.8 Å². The van der Waals surface area contributed by atoms with E-state index < -0.39 is 0 Å². The Balaban J connectivity index is 2.15. The molecule has 0 radical (unpaired) electrons. The Bertz CT molecular complexity index is 565. The standard InChI is InChI=1S/C14H23N7/c1-4-6-12-18-13(11(3)14(19-12)20-15)17-10(2)9-21-8-5-7-16-21/h5,7-8,10H,4,6,9,15H2,1-3H3,(H2,17,18,19,20). The molecule has 4 N–H and O–H groups in total. The van der Waals surface area contributed by atoms with Crippen LogP contribution in [-0.4, -0.2) is 25.8 Å². The van der Waals surface area contributed by atoms with Crippen LogP contribution in [0.4, 0.5) is 11.6 Å². The maximum Gasteiger partial charge on any atom is 0.148 e. The van der Waals surface area contributed by atoms with Crippen molar-refractivity contribution in [3.63, 3.8) is 0 Å². The first-order valence-corrected chi connectivity index (χ1v) is 7.22. The Hall–Kier alpha value is -2.15. The molecule has 2 rings (SSSR count). The summed E-state index contributed by atoms with van der Waals surface area (Å²) in [4.78, 5) is 9.01. The fourth-order valence-corrected chi connectivity index (χ4v) is 2.15. The number of hydrazine groups is 1. The van der Waals surface area contributed by atoms with Gasteiger partial charge in [0.25, 0.3) is 0 Å². The number of aromatic nitrogens is 4. The van der Waals surface area contributed by atoms with Crippen LogP contribution in [0.2, 0.25) is 0 Å². The highest BCUT2D eigenvalue weighted by Gasteiger charge is 2.12. The van der Waals surface area contributed by atoms with E-state index in [1.807, 2.05) is 23.9 Å². The fraction of sp³-hybridized carbons (Fsp3) is 0.500. The minimum Gasteiger partial charge on any atom is -0.365 e. The van der Waals surface area contributed by atoms with Gasteiger partial charge in [-0.15, -0.1) is 0 Å². The SMILES string of the molecule is CCCc1nc(NN)c(C)c(NC(C)Cn2cccn2)n1. The van der Waals surface area contributed by atoms with Crippen LogP contribution in [0.3, 0.4) is 0 Å². The predicted octanol–water partition coefficient (Wildman–Crippen LogP) is 1.72. The molecule has 21 heavy (non-hydrogen) atoms. The highest BCUT2D eigenvalue weighted by atomic mass is 15.3. The summed E-state index contributed by atoms with van der Waals surface area (Å²) in [6.07, 6.45) is 5.55. The Labute approximate surface area is 124 Å². The van der Waals surface area contributed by atoms with Crippen LogP contribution in [0.15, 0.2) is 18.5 Å². The number of hydrogen-bond acceptors (Lipinski definition) is 6. The van der Waals surface area contributed by atoms with Gasteiger partial charge in [0, 0.05) is 30.4 Å². The molecule has 0 amide bonds. The van der Waals surface area contributed by atoms with E-state index in [9.17, 15) is 0 Å². The average Bonchev–Trinajstić information content (AvgIpc) is 2.95. The quantitative estimate of drug-likeness (QED) is 0.531. The molecule has 0 aliphatic carbocycles. The zero-order valence-corrected chi connectivity index (χ0v) is 12.8. The molecule has 7 heteroatoms. The highest BCUT2D eigenvalue weighted by Crippen LogP contribution is 2.20. The lowest BCUT2D eigenvalue weighted by atomic mass is 10.2. The summed E-state index contributed by atoms with van der Waals surface area (Å²) in [5.74, 6) is 7.83. The number of nitrogens with one attached hydrogen (secondary N) is 2. The third kappa shape index (κ3) is 3.91. The number of anilines is 2. The molecule has 0 saturated heterocycles. The van der Waals surface area contributed by atoms with Crippen LogP contribution in [0.1, 0.15) is 31.7 Å². The van der Waals surface area contributed by atoms with Gasteiger partial charge in [-0.1, -0.05) is 6.92 Å². The van der Waals surface area contributed by atoms with Crippen LogP contribution >= 0.6 is 0 Å². The van der Waals surface area contributed by atoms with E-state index in [4.69, 9.17) is 5.84 Å². The van der Waals surface area contributed by atoms with Gasteiger partial charge in [0.15, 0.2) is 0 Å². The van der Waals surface area contributed by atoms with E-state index in [1.165, 1.54) is 0 Å². The van der Waals surface area contributed by atoms with Crippen LogP contribution in [0.25, 0.3) is 0 Å². The van der Waals surface area contributed by atoms with Crippen molar-refractivity contribution in [1.82, 2.24) is 19.7 Å². The van der Waals surface area contributed by atoms with Crippen molar-refractivity contribution in [3.8, 4) is 0 Å². The molecule has 0 bridgehead atoms. The second-order valence-corrected chi connectivity index (χ2v) is 5.13. The molecule has 2 aromatic heterocycles. The number of nitrogens with two attached hydrogens (primary N) is 1. The first kappa shape index (κ1) is 15.2. The van der Waals surface area contributed by atoms with Crippen molar-refractivity contribution < 1.29 is 0 Å². The molecule has 0 aliphatic heterocycles. The van der Waals surface area contributed by atoms with E-state index in [-0.39, 0.29) is 6.04 Å². The van der Waals surface area contributed by atoms with Crippen molar-refractivity contribution in [3.05, 3.63) is 29.8 Å². The average molecular weight is 289 g/mol. The van der Waals surface area contributed by atoms with E-state index in [0.29, 0.717) is 5.82 Å². The molecule has 7 nitrogen and oxygen atoms in total. The summed E-state index contributed by atoms with van der Waals surface area (Å²) in [7, 11) is 0. The highest BCUT2D eigenvalue weighted by molar-refractivity contribution is 5.57. The van der Waals surface area contributed by atoms with Crippen LogP contribution in [0, 0.1) is 6.92 Å². The van der Waals surface area contributed by atoms with Gasteiger partial charge in [0.05, 0.1) is 6.54 Å². The largest absolute Gasteiger partial charge is 0.365 e. The van der Waals surface area contributed by atoms with Crippen molar-refractivity contribution in [2.75, 3.05) is 10.7 Å². The lowest BCUT2D eigenvalue weighted by Crippen LogP contribution is -2.24. The summed E-state index contributed by atoms with van der Waals surface area (Å²) >= 11 is 0. The lowest BCUT2D eigenvalue weighted by molar-refractivity contribution is 0.559. The van der Waals surface area contributed by atoms with Gasteiger partial charge in [0.2, 0.25) is 0 Å². The Morgan fingerprint density at radius 1 is 1.33 bits per heavy atom. The van der Waals surface area contributed by atoms with Crippen LogP contribution in [-0.2, 0) is 13.0 Å². The molecule has 0 aliphatic rings. The predicted molar refractivity (Wildman–Crippen MR) is 83.9 cm³/mol. The van der Waals surface area contributed by atoms with Gasteiger partial charge >= 0.3 is 0 Å². The Morgan fingerprint density at radius 3 is 2.71 bits per heavy atom. The molecule has 1 unspecified atom stereocenters. The van der Waals surface area contributed by atoms with Crippen molar-refractivity contribution >= 4 is 11.6 Å². The summed E-state index contributed by atoms with van der Waals surface area (Å²) in [5.41, 5.74) is 3.57. The minimum absolute atomic E-state index is 0.193. The molecular weight excluding hydrogens is 266 g/mol. The maximum absolute atomic E-state index is 5.54. The molecule has 2 heterocycles. The molecule has 0 spiro atoms. The van der Waals surface area contributed by atoms with Crippen molar-refractivity contribution in [2.24, 2.45) is 5.84 Å². The molecule has 0 aromatic carbocycles. The maximum atomic E-state index is 5.54. The van der Waals surface area contributed by atoms with Crippen molar-refractivity contribution in [1.29, 1.82) is 0 Å². The van der Waals surface area contributed by atoms with Gasteiger partial charge in [0.1, 0.15) is 17.5 Å². The van der Waals surface area contributed by atoms with Gasteiger partial charge in [-0.3, -0.25) is 4.68 Å². The van der Waals surface area contributed by atoms with E-state index in [0.717, 1.165) is 36.6 Å². The van der Waals surface area contributed by atoms with E-state index >= 15 is 0 Å². The van der Waals surface area contributed by atoms with Gasteiger partial charge in [-0.05, 0) is 26.3 Å². The summed E-state index contributed by atoms with van der Waals surface area (Å²) in [6, 6.07) is 2.11. The second kappa shape index (κ2) is 7.03. The molecule has 0 saturated carbocycles. The van der Waals surface area contributed by atoms with Crippen molar-refractivity contribution in [2.45, 2.75) is 46.2 Å². The van der Waals surface area contributed by atoms with Crippen LogP contribution in [0.5, 0.6) is 0 Å². The number of nitrogen functional groups attached to an aromatic ring is 1. The first-order chi connectivity index (χ1) is 10.1. The topological polar surface area (TPSA) is 93.7 Å². The minimum atomic E-state index is 0.193. The summed E-state index contributed by atoms with van der Waals surface area (Å²) < 4.78 is 1.89. The number of aryl methyl sites for hydroxylation is 1. The zero-order valence-electron chi connectivity index (χ0n) is 12.8. The fourth-order valence-electron chi connectivity index (χ4n) is 2.15. The molecular formula is C14H23N7. The summed E-state index contributed by atoms with van der Waals surface area (Å²) in [5, 5.41) is 7.63. The third-order valence-corrected chi connectivity index (χ3v) is 3.21. The normalized spacial score (nSPS) is 12.2. The second-order valence-electron chi connectivity index (χ2n) is 5.13. The Kier molecular flexibility index (Phi) is 5.10. The lowest BCUT2D eigenvalue weighted by Gasteiger charge is -2.18. The zero-order chi connectivity index (χ0) is 15.2. The molecule has 114 valence electrons. The van der Waals surface area contributed by atoms with Crippen LogP contribution < -0.4 is 16.6 Å². The van der Waals surface area contributed by atoms with E-state index in [2.05, 4.69) is 39.7 Å². The molecule has 0 fully saturated rings. The number of rotatable bonds is 7. The first-order valence-electron chi connectivity index (χ1n) is 7.22. The molecule has 2 aromatic rings.